The zero-order valence-corrected chi connectivity index (χ0v) is 21.4. The molecule has 0 saturated carbocycles. The summed E-state index contributed by atoms with van der Waals surface area (Å²) in [7, 11) is 0. The first kappa shape index (κ1) is 26.7. The number of rotatable bonds is 10. The van der Waals surface area contributed by atoms with Crippen molar-refractivity contribution in [2.45, 2.75) is 64.6 Å². The summed E-state index contributed by atoms with van der Waals surface area (Å²) in [5.41, 5.74) is 9.80. The van der Waals surface area contributed by atoms with Gasteiger partial charge < -0.3 is 20.5 Å². The van der Waals surface area contributed by atoms with Gasteiger partial charge in [-0.1, -0.05) is 43.3 Å². The lowest BCUT2D eigenvalue weighted by atomic mass is 9.96. The number of aryl methyl sites for hydroxylation is 1. The predicted octanol–water partition coefficient (Wildman–Crippen LogP) is 3.98. The molecular weight excluding hydrogens is 476 g/mol. The lowest BCUT2D eigenvalue weighted by Crippen LogP contribution is -2.52. The molecule has 0 aliphatic carbocycles. The topological polar surface area (TPSA) is 93.2 Å². The molecule has 1 aliphatic heterocycles. The van der Waals surface area contributed by atoms with Crippen molar-refractivity contribution in [1.29, 1.82) is 0 Å². The molecule has 2 unspecified atom stereocenters. The average Bonchev–Trinajstić information content (AvgIpc) is 3.28. The molecule has 2 amide bonds. The van der Waals surface area contributed by atoms with Crippen LogP contribution in [0.5, 0.6) is 0 Å². The van der Waals surface area contributed by atoms with Crippen LogP contribution in [-0.4, -0.2) is 45.4 Å². The average molecular weight is 512 g/mol. The van der Waals surface area contributed by atoms with Gasteiger partial charge in [0.15, 0.2) is 5.82 Å². The molecule has 198 valence electrons. The number of alkyl halides is 2. The monoisotopic (exact) mass is 511 g/mol. The zero-order chi connectivity index (χ0) is 26.6. The number of halogens is 2. The third-order valence-electron chi connectivity index (χ3n) is 7.08. The molecule has 2 atom stereocenters. The van der Waals surface area contributed by atoms with Gasteiger partial charge in [0, 0.05) is 33.1 Å². The van der Waals surface area contributed by atoms with E-state index in [9.17, 15) is 18.4 Å². The quantitative estimate of drug-likeness (QED) is 0.403. The fourth-order valence-corrected chi connectivity index (χ4v) is 4.85. The largest absolute Gasteiger partial charge is 0.356 e. The molecule has 3 N–H and O–H groups in total. The van der Waals surface area contributed by atoms with Gasteiger partial charge in [-0.2, -0.15) is 8.78 Å². The number of benzene rings is 2. The number of carbonyl (C=O) groups is 2. The standard InChI is InChI=1S/C28H35F2N5O2/c1-19(24(31)26(37)34-17-14-20-10-4-5-11-21(20)18-34)25(36)32-15-8-3-9-16-35-23-13-7-6-12-22(23)33-27(35)28(2,29)30/h4-7,10-13,19,24H,3,8-9,14-18,31H2,1-2H3,(H,32,36). The van der Waals surface area contributed by atoms with Crippen molar-refractivity contribution in [2.24, 2.45) is 11.7 Å². The Morgan fingerprint density at radius 3 is 2.54 bits per heavy atom. The van der Waals surface area contributed by atoms with Crippen molar-refractivity contribution >= 4 is 22.8 Å². The lowest BCUT2D eigenvalue weighted by Gasteiger charge is -2.32. The number of amides is 2. The number of fused-ring (bicyclic) bond motifs is 2. The van der Waals surface area contributed by atoms with E-state index in [1.54, 1.807) is 34.6 Å². The van der Waals surface area contributed by atoms with Crippen molar-refractivity contribution in [2.75, 3.05) is 13.1 Å². The predicted molar refractivity (Wildman–Crippen MR) is 139 cm³/mol. The van der Waals surface area contributed by atoms with Crippen LogP contribution in [0.1, 0.15) is 50.1 Å². The third kappa shape index (κ3) is 6.15. The second kappa shape index (κ2) is 11.4. The van der Waals surface area contributed by atoms with Gasteiger partial charge in [0.05, 0.1) is 23.0 Å². The number of aromatic nitrogens is 2. The minimum absolute atomic E-state index is 0.215. The number of nitrogens with one attached hydrogen (secondary N) is 1. The van der Waals surface area contributed by atoms with Gasteiger partial charge in [0.1, 0.15) is 0 Å². The highest BCUT2D eigenvalue weighted by Crippen LogP contribution is 2.30. The molecule has 7 nitrogen and oxygen atoms in total. The van der Waals surface area contributed by atoms with E-state index in [0.717, 1.165) is 25.3 Å². The Morgan fingerprint density at radius 2 is 1.78 bits per heavy atom. The molecule has 9 heteroatoms. The van der Waals surface area contributed by atoms with Crippen molar-refractivity contribution in [3.05, 3.63) is 65.5 Å². The summed E-state index contributed by atoms with van der Waals surface area (Å²) in [5, 5.41) is 2.87. The van der Waals surface area contributed by atoms with Gasteiger partial charge in [-0.05, 0) is 48.9 Å². The van der Waals surface area contributed by atoms with Crippen molar-refractivity contribution in [3.8, 4) is 0 Å². The van der Waals surface area contributed by atoms with Crippen molar-refractivity contribution in [3.63, 3.8) is 0 Å². The summed E-state index contributed by atoms with van der Waals surface area (Å²) >= 11 is 0. The van der Waals surface area contributed by atoms with Crippen LogP contribution < -0.4 is 11.1 Å². The molecule has 3 aromatic rings. The maximum absolute atomic E-state index is 14.1. The Labute approximate surface area is 216 Å². The van der Waals surface area contributed by atoms with E-state index in [-0.39, 0.29) is 17.6 Å². The van der Waals surface area contributed by atoms with E-state index in [0.29, 0.717) is 50.1 Å². The van der Waals surface area contributed by atoms with Gasteiger partial charge in [0.25, 0.3) is 0 Å². The van der Waals surface area contributed by atoms with Gasteiger partial charge >= 0.3 is 5.92 Å². The number of nitrogens with two attached hydrogens (primary N) is 1. The van der Waals surface area contributed by atoms with E-state index in [2.05, 4.69) is 16.4 Å². The normalized spacial score (nSPS) is 15.3. The molecule has 0 radical (unpaired) electrons. The van der Waals surface area contributed by atoms with E-state index in [1.165, 1.54) is 5.56 Å². The molecule has 2 heterocycles. The Morgan fingerprint density at radius 1 is 1.08 bits per heavy atom. The Balaban J connectivity index is 1.21. The summed E-state index contributed by atoms with van der Waals surface area (Å²) in [6.45, 7) is 4.49. The summed E-state index contributed by atoms with van der Waals surface area (Å²) < 4.78 is 29.8. The van der Waals surface area contributed by atoms with Gasteiger partial charge in [0.2, 0.25) is 11.8 Å². The summed E-state index contributed by atoms with van der Waals surface area (Å²) in [6, 6.07) is 14.3. The highest BCUT2D eigenvalue weighted by atomic mass is 19.3. The molecule has 0 saturated heterocycles. The van der Waals surface area contributed by atoms with Crippen molar-refractivity contribution < 1.29 is 18.4 Å². The number of hydrogen-bond acceptors (Lipinski definition) is 4. The molecule has 37 heavy (non-hydrogen) atoms. The molecule has 4 rings (SSSR count). The number of imidazole rings is 1. The fourth-order valence-electron chi connectivity index (χ4n) is 4.85. The maximum Gasteiger partial charge on any atom is 0.302 e. The second-order valence-electron chi connectivity index (χ2n) is 9.91. The number of nitrogens with zero attached hydrogens (tertiary/aromatic N) is 3. The first-order valence-corrected chi connectivity index (χ1v) is 12.9. The molecule has 0 bridgehead atoms. The van der Waals surface area contributed by atoms with Gasteiger partial charge in [-0.25, -0.2) is 4.98 Å². The Hall–Kier alpha value is -3.33. The van der Waals surface area contributed by atoms with Gasteiger partial charge in [-0.3, -0.25) is 9.59 Å². The smallest absolute Gasteiger partial charge is 0.302 e. The molecule has 0 spiro atoms. The summed E-state index contributed by atoms with van der Waals surface area (Å²) in [4.78, 5) is 31.4. The fraction of sp³-hybridized carbons (Fsp3) is 0.464. The third-order valence-corrected chi connectivity index (χ3v) is 7.08. The van der Waals surface area contributed by atoms with Crippen LogP contribution >= 0.6 is 0 Å². The van der Waals surface area contributed by atoms with Crippen LogP contribution in [0.2, 0.25) is 0 Å². The van der Waals surface area contributed by atoms with Crippen LogP contribution in [0, 0.1) is 5.92 Å². The maximum atomic E-state index is 14.1. The minimum Gasteiger partial charge on any atom is -0.356 e. The SMILES string of the molecule is CC(C(=O)NCCCCCn1c(C(C)(F)F)nc2ccccc21)C(N)C(=O)N1CCc2ccccc2C1. The number of carbonyl (C=O) groups excluding carboxylic acids is 2. The first-order chi connectivity index (χ1) is 17.7. The highest BCUT2D eigenvalue weighted by Gasteiger charge is 2.32. The molecule has 2 aromatic carbocycles. The number of unbranched alkanes of at least 4 members (excludes halogenated alkanes) is 2. The van der Waals surface area contributed by atoms with E-state index in [4.69, 9.17) is 5.73 Å². The Bertz CT molecular complexity index is 1250. The molecule has 1 aromatic heterocycles. The van der Waals surface area contributed by atoms with E-state index >= 15 is 0 Å². The summed E-state index contributed by atoms with van der Waals surface area (Å²) in [5.74, 6) is -4.39. The number of para-hydroxylation sites is 2. The van der Waals surface area contributed by atoms with Crippen LogP contribution in [-0.2, 0) is 35.0 Å². The Kier molecular flexibility index (Phi) is 8.22. The van der Waals surface area contributed by atoms with Crippen LogP contribution in [0.3, 0.4) is 0 Å². The van der Waals surface area contributed by atoms with Crippen LogP contribution in [0.15, 0.2) is 48.5 Å². The molecule has 1 aliphatic rings. The highest BCUT2D eigenvalue weighted by molar-refractivity contribution is 5.89. The van der Waals surface area contributed by atoms with Crippen molar-refractivity contribution in [1.82, 2.24) is 19.8 Å². The van der Waals surface area contributed by atoms with E-state index in [1.807, 2.05) is 24.3 Å². The van der Waals surface area contributed by atoms with E-state index < -0.39 is 17.9 Å². The second-order valence-corrected chi connectivity index (χ2v) is 9.91. The van der Waals surface area contributed by atoms with Crippen LogP contribution in [0.25, 0.3) is 11.0 Å². The summed E-state index contributed by atoms with van der Waals surface area (Å²) in [6.07, 6.45) is 2.88. The minimum atomic E-state index is -3.03. The van der Waals surface area contributed by atoms with Gasteiger partial charge in [-0.15, -0.1) is 0 Å². The van der Waals surface area contributed by atoms with Crippen LogP contribution in [0.4, 0.5) is 8.78 Å². The lowest BCUT2D eigenvalue weighted by molar-refractivity contribution is -0.138. The molecular formula is C28H35F2N5O2. The zero-order valence-electron chi connectivity index (χ0n) is 21.4. The molecule has 0 fully saturated rings. The number of hydrogen-bond donors (Lipinski definition) is 2. The first-order valence-electron chi connectivity index (χ1n) is 12.9.